The van der Waals surface area contributed by atoms with Gasteiger partial charge in [0.2, 0.25) is 23.6 Å². The van der Waals surface area contributed by atoms with E-state index in [-0.39, 0.29) is 37.2 Å². The molecule has 0 spiro atoms. The van der Waals surface area contributed by atoms with Gasteiger partial charge in [-0.15, -0.1) is 10.2 Å². The number of para-hydroxylation sites is 1. The summed E-state index contributed by atoms with van der Waals surface area (Å²) in [5.41, 5.74) is 2.29. The zero-order chi connectivity index (χ0) is 27.1. The molecule has 2 atom stereocenters. The van der Waals surface area contributed by atoms with Crippen LogP contribution in [0.15, 0.2) is 54.6 Å². The van der Waals surface area contributed by atoms with E-state index in [0.29, 0.717) is 17.9 Å². The first-order chi connectivity index (χ1) is 18.3. The molecule has 0 saturated carbocycles. The van der Waals surface area contributed by atoms with E-state index in [9.17, 15) is 19.2 Å². The number of anilines is 1. The molecule has 2 heterocycles. The second kappa shape index (κ2) is 12.1. The van der Waals surface area contributed by atoms with Crippen molar-refractivity contribution in [3.8, 4) is 0 Å². The monoisotopic (exact) mass is 518 g/mol. The van der Waals surface area contributed by atoms with Crippen LogP contribution in [0.5, 0.6) is 0 Å². The molecule has 0 bridgehead atoms. The van der Waals surface area contributed by atoms with Crippen molar-refractivity contribution in [2.45, 2.75) is 45.3 Å². The van der Waals surface area contributed by atoms with Gasteiger partial charge in [-0.1, -0.05) is 67.6 Å². The predicted octanol–water partition coefficient (Wildman–Crippen LogP) is 0.274. The average molecular weight is 519 g/mol. The predicted molar refractivity (Wildman–Crippen MR) is 137 cm³/mol. The van der Waals surface area contributed by atoms with Crippen LogP contribution in [0.1, 0.15) is 30.8 Å². The molecular formula is C26H30N8O4. The number of aromatic amines is 1. The molecule has 1 aliphatic heterocycles. The minimum atomic E-state index is -0.820. The van der Waals surface area contributed by atoms with Crippen molar-refractivity contribution in [1.82, 2.24) is 36.6 Å². The number of H-pyrrole nitrogens is 1. The summed E-state index contributed by atoms with van der Waals surface area (Å²) in [7, 11) is 0. The smallest absolute Gasteiger partial charge is 0.247 e. The van der Waals surface area contributed by atoms with E-state index in [0.717, 1.165) is 11.1 Å². The molecular weight excluding hydrogens is 488 g/mol. The van der Waals surface area contributed by atoms with E-state index >= 15 is 0 Å². The number of carbonyl (C=O) groups excluding carboxylic acids is 4. The summed E-state index contributed by atoms with van der Waals surface area (Å²) < 4.78 is 0. The number of nitrogens with zero attached hydrogens (tertiary/aromatic N) is 4. The van der Waals surface area contributed by atoms with E-state index in [4.69, 9.17) is 0 Å². The van der Waals surface area contributed by atoms with Crippen LogP contribution < -0.4 is 20.9 Å². The first-order valence-electron chi connectivity index (χ1n) is 12.3. The molecule has 0 aliphatic carbocycles. The maximum Gasteiger partial charge on any atom is 0.247 e. The van der Waals surface area contributed by atoms with Crippen LogP contribution in [0.3, 0.4) is 0 Å². The lowest BCUT2D eigenvalue weighted by atomic mass is 10.0. The van der Waals surface area contributed by atoms with Gasteiger partial charge in [-0.25, -0.2) is 0 Å². The Morgan fingerprint density at radius 1 is 1.03 bits per heavy atom. The zero-order valence-corrected chi connectivity index (χ0v) is 21.2. The van der Waals surface area contributed by atoms with E-state index in [1.807, 2.05) is 56.3 Å². The third-order valence-corrected chi connectivity index (χ3v) is 6.24. The van der Waals surface area contributed by atoms with Gasteiger partial charge < -0.3 is 16.0 Å². The summed E-state index contributed by atoms with van der Waals surface area (Å²) in [6.45, 7) is 3.35. The van der Waals surface area contributed by atoms with Gasteiger partial charge in [0.1, 0.15) is 12.1 Å². The maximum absolute atomic E-state index is 13.3. The van der Waals surface area contributed by atoms with Crippen LogP contribution in [0.25, 0.3) is 0 Å². The van der Waals surface area contributed by atoms with Gasteiger partial charge in [-0.05, 0) is 23.1 Å². The maximum atomic E-state index is 13.3. The van der Waals surface area contributed by atoms with Gasteiger partial charge in [-0.2, -0.15) is 5.21 Å². The molecule has 3 aromatic rings. The summed E-state index contributed by atoms with van der Waals surface area (Å²) in [6, 6.07) is 14.9. The van der Waals surface area contributed by atoms with Gasteiger partial charge in [0, 0.05) is 12.1 Å². The Morgan fingerprint density at radius 2 is 1.76 bits per heavy atom. The fourth-order valence-corrected chi connectivity index (χ4v) is 4.34. The van der Waals surface area contributed by atoms with Crippen LogP contribution in [-0.4, -0.2) is 62.9 Å². The van der Waals surface area contributed by atoms with Crippen molar-refractivity contribution in [3.63, 3.8) is 0 Å². The summed E-state index contributed by atoms with van der Waals surface area (Å²) in [5, 5.41) is 21.6. The van der Waals surface area contributed by atoms with E-state index < -0.39 is 23.9 Å². The van der Waals surface area contributed by atoms with Crippen molar-refractivity contribution in [1.29, 1.82) is 0 Å². The molecule has 4 rings (SSSR count). The molecule has 4 N–H and O–H groups in total. The summed E-state index contributed by atoms with van der Waals surface area (Å²) in [5.74, 6) is -1.47. The highest BCUT2D eigenvalue weighted by atomic mass is 16.2. The third-order valence-electron chi connectivity index (χ3n) is 6.24. The van der Waals surface area contributed by atoms with Crippen LogP contribution in [0, 0.1) is 5.92 Å². The van der Waals surface area contributed by atoms with Gasteiger partial charge in [0.05, 0.1) is 19.5 Å². The standard InChI is InChI=1S/C26H30N8O4/c1-16(2)24(29-22(35)12-17-8-4-3-5-9-17)26(38)28-15-23(36)34-19-11-7-6-10-18(19)13-20(34)25(37)27-14-21-30-32-33-31-21/h3-11,16,20,24H,12-15H2,1-2H3,(H,27,37)(H,28,38)(H,29,35)(H,30,31,32,33)/t20-,24?/m0/s1. The molecule has 1 aromatic heterocycles. The van der Waals surface area contributed by atoms with Crippen molar-refractivity contribution < 1.29 is 19.2 Å². The van der Waals surface area contributed by atoms with Gasteiger partial charge >= 0.3 is 0 Å². The number of benzene rings is 2. The zero-order valence-electron chi connectivity index (χ0n) is 21.2. The molecule has 12 nitrogen and oxygen atoms in total. The largest absolute Gasteiger partial charge is 0.347 e. The summed E-state index contributed by atoms with van der Waals surface area (Å²) in [4.78, 5) is 53.3. The highest BCUT2D eigenvalue weighted by Crippen LogP contribution is 2.32. The normalized spacial score (nSPS) is 15.0. The van der Waals surface area contributed by atoms with E-state index in [2.05, 4.69) is 36.6 Å². The third kappa shape index (κ3) is 6.38. The first kappa shape index (κ1) is 26.5. The van der Waals surface area contributed by atoms with Crippen LogP contribution >= 0.6 is 0 Å². The Kier molecular flexibility index (Phi) is 8.41. The van der Waals surface area contributed by atoms with Crippen LogP contribution in [-0.2, 0) is 38.6 Å². The molecule has 198 valence electrons. The summed E-state index contributed by atoms with van der Waals surface area (Å²) >= 11 is 0. The second-order valence-corrected chi connectivity index (χ2v) is 9.33. The van der Waals surface area contributed by atoms with Crippen molar-refractivity contribution in [2.24, 2.45) is 5.92 Å². The van der Waals surface area contributed by atoms with Crippen LogP contribution in [0.2, 0.25) is 0 Å². The second-order valence-electron chi connectivity index (χ2n) is 9.33. The lowest BCUT2D eigenvalue weighted by Gasteiger charge is -2.26. The number of carbonyl (C=O) groups is 4. The fourth-order valence-electron chi connectivity index (χ4n) is 4.34. The number of aromatic nitrogens is 4. The van der Waals surface area contributed by atoms with Gasteiger partial charge in [0.15, 0.2) is 5.82 Å². The van der Waals surface area contributed by atoms with E-state index in [1.165, 1.54) is 4.90 Å². The fraction of sp³-hybridized carbons (Fsp3) is 0.346. The first-order valence-corrected chi connectivity index (χ1v) is 12.3. The molecule has 0 radical (unpaired) electrons. The number of hydrogen-bond acceptors (Lipinski definition) is 7. The lowest BCUT2D eigenvalue weighted by molar-refractivity contribution is -0.131. The number of rotatable bonds is 10. The Morgan fingerprint density at radius 3 is 2.47 bits per heavy atom. The SMILES string of the molecule is CC(C)C(NC(=O)Cc1ccccc1)C(=O)NCC(=O)N1c2ccccc2C[C@H]1C(=O)NCc1nn[nH]n1. The molecule has 38 heavy (non-hydrogen) atoms. The van der Waals surface area contributed by atoms with Crippen molar-refractivity contribution in [3.05, 3.63) is 71.5 Å². The lowest BCUT2D eigenvalue weighted by Crippen LogP contribution is -2.54. The quantitative estimate of drug-likeness (QED) is 0.299. The van der Waals surface area contributed by atoms with Gasteiger partial charge in [0.25, 0.3) is 0 Å². The number of hydrogen-bond donors (Lipinski definition) is 4. The average Bonchev–Trinajstić information content (AvgIpc) is 3.57. The topological polar surface area (TPSA) is 162 Å². The number of nitrogens with one attached hydrogen (secondary N) is 4. The molecule has 4 amide bonds. The molecule has 0 saturated heterocycles. The number of fused-ring (bicyclic) bond motifs is 1. The Balaban J connectivity index is 1.39. The van der Waals surface area contributed by atoms with E-state index in [1.54, 1.807) is 12.1 Å². The van der Waals surface area contributed by atoms with Gasteiger partial charge in [-0.3, -0.25) is 24.1 Å². The Bertz CT molecular complexity index is 1280. The Hall–Kier alpha value is -4.61. The molecule has 2 aromatic carbocycles. The minimum Gasteiger partial charge on any atom is -0.347 e. The Labute approximate surface area is 219 Å². The van der Waals surface area contributed by atoms with Crippen LogP contribution in [0.4, 0.5) is 5.69 Å². The molecule has 1 unspecified atom stereocenters. The number of tetrazole rings is 1. The molecule has 12 heteroatoms. The minimum absolute atomic E-state index is 0.0553. The highest BCUT2D eigenvalue weighted by molar-refractivity contribution is 6.05. The molecule has 0 fully saturated rings. The summed E-state index contributed by atoms with van der Waals surface area (Å²) in [6.07, 6.45) is 0.472. The molecule has 1 aliphatic rings. The highest BCUT2D eigenvalue weighted by Gasteiger charge is 2.38. The number of amides is 4. The van der Waals surface area contributed by atoms with Crippen molar-refractivity contribution >= 4 is 29.3 Å². The van der Waals surface area contributed by atoms with Crippen molar-refractivity contribution in [2.75, 3.05) is 11.4 Å².